The van der Waals surface area contributed by atoms with Crippen LogP contribution in [-0.2, 0) is 4.79 Å². The Morgan fingerprint density at radius 3 is 2.79 bits per heavy atom. The van der Waals surface area contributed by atoms with Crippen molar-refractivity contribution in [3.63, 3.8) is 0 Å². The summed E-state index contributed by atoms with van der Waals surface area (Å²) in [6.45, 7) is 0. The Labute approximate surface area is 159 Å². The van der Waals surface area contributed by atoms with Crippen LogP contribution in [-0.4, -0.2) is 34.1 Å². The maximum Gasteiger partial charge on any atom is 0.231 e. The number of halogens is 1. The number of hydrogen-bond acceptors (Lipinski definition) is 6. The number of fused-ring (bicyclic) bond motifs is 2. The Balaban J connectivity index is 1.63. The molecule has 1 aliphatic carbocycles. The number of aromatic nitrogens is 3. The van der Waals surface area contributed by atoms with Crippen molar-refractivity contribution in [3.05, 3.63) is 42.7 Å². The molecule has 3 aromatic heterocycles. The van der Waals surface area contributed by atoms with Gasteiger partial charge in [0.2, 0.25) is 11.8 Å². The topological polar surface area (TPSA) is 92.9 Å². The summed E-state index contributed by atoms with van der Waals surface area (Å²) in [6, 6.07) is 9.22. The molecule has 1 aromatic carbocycles. The first-order valence-electron chi connectivity index (χ1n) is 8.91. The lowest BCUT2D eigenvalue weighted by molar-refractivity contribution is -0.117. The highest BCUT2D eigenvalue weighted by molar-refractivity contribution is 6.03. The molecule has 0 bridgehead atoms. The third kappa shape index (κ3) is 2.74. The average molecular weight is 377 g/mol. The molecule has 140 valence electrons. The third-order valence-electron chi connectivity index (χ3n) is 4.83. The van der Waals surface area contributed by atoms with E-state index in [1.807, 2.05) is 24.3 Å². The minimum absolute atomic E-state index is 0.265. The Morgan fingerprint density at radius 1 is 1.21 bits per heavy atom. The van der Waals surface area contributed by atoms with E-state index in [1.54, 1.807) is 25.5 Å². The zero-order chi connectivity index (χ0) is 19.3. The standard InChI is InChI=1S/C20H16FN5O2/c1-22-18-12-8-23-17(26-19(27)11-6-14(11)21)7-10(12)13(9-24-18)20-25-15-4-2-3-5-16(15)28-20/h2-5,7-9,11,14H,6H2,1H3,(H,22,24)(H,23,26,27)/t11-,14-/m1/s1. The molecule has 28 heavy (non-hydrogen) atoms. The number of alkyl halides is 1. The highest BCUT2D eigenvalue weighted by Crippen LogP contribution is 2.36. The van der Waals surface area contributed by atoms with Crippen LogP contribution in [0.4, 0.5) is 16.0 Å². The van der Waals surface area contributed by atoms with Crippen molar-refractivity contribution in [1.29, 1.82) is 0 Å². The number of nitrogens with one attached hydrogen (secondary N) is 2. The highest BCUT2D eigenvalue weighted by Gasteiger charge is 2.43. The van der Waals surface area contributed by atoms with Crippen molar-refractivity contribution in [3.8, 4) is 11.5 Å². The van der Waals surface area contributed by atoms with Crippen LogP contribution < -0.4 is 10.6 Å². The van der Waals surface area contributed by atoms with E-state index in [4.69, 9.17) is 4.42 Å². The van der Waals surface area contributed by atoms with Gasteiger partial charge in [0.1, 0.15) is 23.3 Å². The number of para-hydroxylation sites is 2. The SMILES string of the molecule is CNc1ncc(-c2nc3ccccc3o2)c2cc(NC(=O)[C@@H]3C[C@H]3F)ncc12. The van der Waals surface area contributed by atoms with Gasteiger partial charge in [0.15, 0.2) is 5.58 Å². The molecule has 2 atom stereocenters. The van der Waals surface area contributed by atoms with Gasteiger partial charge in [0.05, 0.1) is 11.5 Å². The number of oxazole rings is 1. The normalized spacial score (nSPS) is 18.4. The molecule has 8 heteroatoms. The molecule has 2 N–H and O–H groups in total. The summed E-state index contributed by atoms with van der Waals surface area (Å²) in [5.41, 5.74) is 2.10. The lowest BCUT2D eigenvalue weighted by Gasteiger charge is -2.10. The Morgan fingerprint density at radius 2 is 2.04 bits per heavy atom. The molecule has 5 rings (SSSR count). The zero-order valence-corrected chi connectivity index (χ0v) is 14.9. The largest absolute Gasteiger partial charge is 0.436 e. The van der Waals surface area contributed by atoms with E-state index in [0.29, 0.717) is 28.7 Å². The fourth-order valence-electron chi connectivity index (χ4n) is 3.21. The predicted octanol–water partition coefficient (Wildman–Crippen LogP) is 3.78. The lowest BCUT2D eigenvalue weighted by atomic mass is 10.1. The number of carbonyl (C=O) groups is 1. The zero-order valence-electron chi connectivity index (χ0n) is 14.9. The number of rotatable bonds is 4. The molecule has 3 heterocycles. The Hall–Kier alpha value is -3.55. The van der Waals surface area contributed by atoms with E-state index in [-0.39, 0.29) is 12.3 Å². The van der Waals surface area contributed by atoms with Crippen molar-refractivity contribution < 1.29 is 13.6 Å². The van der Waals surface area contributed by atoms with E-state index < -0.39 is 12.1 Å². The number of benzene rings is 1. The Kier molecular flexibility index (Phi) is 3.71. The molecule has 0 saturated heterocycles. The van der Waals surface area contributed by atoms with Crippen LogP contribution in [0.3, 0.4) is 0 Å². The fourth-order valence-corrected chi connectivity index (χ4v) is 3.21. The van der Waals surface area contributed by atoms with Gasteiger partial charge >= 0.3 is 0 Å². The van der Waals surface area contributed by atoms with Crippen LogP contribution in [0.2, 0.25) is 0 Å². The Bertz CT molecular complexity index is 1190. The van der Waals surface area contributed by atoms with E-state index in [1.165, 1.54) is 0 Å². The van der Waals surface area contributed by atoms with Gasteiger partial charge in [-0.3, -0.25) is 4.79 Å². The van der Waals surface area contributed by atoms with Gasteiger partial charge in [0.25, 0.3) is 0 Å². The van der Waals surface area contributed by atoms with E-state index >= 15 is 0 Å². The first-order valence-corrected chi connectivity index (χ1v) is 8.91. The average Bonchev–Trinajstić information content (AvgIpc) is 3.29. The first-order chi connectivity index (χ1) is 13.6. The predicted molar refractivity (Wildman–Crippen MR) is 104 cm³/mol. The van der Waals surface area contributed by atoms with Crippen LogP contribution in [0, 0.1) is 5.92 Å². The highest BCUT2D eigenvalue weighted by atomic mass is 19.1. The number of carbonyl (C=O) groups excluding carboxylic acids is 1. The number of hydrogen-bond donors (Lipinski definition) is 2. The van der Waals surface area contributed by atoms with Crippen LogP contribution in [0.1, 0.15) is 6.42 Å². The van der Waals surface area contributed by atoms with Crippen LogP contribution in [0.25, 0.3) is 33.3 Å². The van der Waals surface area contributed by atoms with Gasteiger partial charge in [-0.25, -0.2) is 19.3 Å². The number of nitrogens with zero attached hydrogens (tertiary/aromatic N) is 3. The van der Waals surface area contributed by atoms with Crippen LogP contribution in [0.15, 0.2) is 47.1 Å². The van der Waals surface area contributed by atoms with Gasteiger partial charge in [0, 0.05) is 30.2 Å². The number of anilines is 2. The van der Waals surface area contributed by atoms with E-state index in [2.05, 4.69) is 25.6 Å². The minimum Gasteiger partial charge on any atom is -0.436 e. The van der Waals surface area contributed by atoms with Gasteiger partial charge in [-0.2, -0.15) is 0 Å². The molecule has 7 nitrogen and oxygen atoms in total. The molecule has 4 aromatic rings. The second-order valence-corrected chi connectivity index (χ2v) is 6.72. The summed E-state index contributed by atoms with van der Waals surface area (Å²) < 4.78 is 19.0. The molecule has 1 amide bonds. The molecule has 0 spiro atoms. The van der Waals surface area contributed by atoms with E-state index in [9.17, 15) is 9.18 Å². The first kappa shape index (κ1) is 16.6. The van der Waals surface area contributed by atoms with Crippen molar-refractivity contribution >= 4 is 39.4 Å². The summed E-state index contributed by atoms with van der Waals surface area (Å²) in [4.78, 5) is 25.3. The molecule has 1 aliphatic rings. The van der Waals surface area contributed by atoms with Crippen LogP contribution in [0.5, 0.6) is 0 Å². The van der Waals surface area contributed by atoms with Crippen molar-refractivity contribution in [2.75, 3.05) is 17.7 Å². The van der Waals surface area contributed by atoms with Gasteiger partial charge in [-0.15, -0.1) is 0 Å². The number of pyridine rings is 2. The van der Waals surface area contributed by atoms with E-state index in [0.717, 1.165) is 16.3 Å². The summed E-state index contributed by atoms with van der Waals surface area (Å²) in [5.74, 6) is 0.481. The third-order valence-corrected chi connectivity index (χ3v) is 4.83. The summed E-state index contributed by atoms with van der Waals surface area (Å²) in [7, 11) is 1.77. The number of amides is 1. The van der Waals surface area contributed by atoms with Gasteiger partial charge in [-0.05, 0) is 24.6 Å². The smallest absolute Gasteiger partial charge is 0.231 e. The summed E-state index contributed by atoms with van der Waals surface area (Å²) >= 11 is 0. The molecular weight excluding hydrogens is 361 g/mol. The minimum atomic E-state index is -1.06. The van der Waals surface area contributed by atoms with Crippen molar-refractivity contribution in [1.82, 2.24) is 15.0 Å². The maximum atomic E-state index is 13.1. The second kappa shape index (κ2) is 6.26. The molecule has 0 unspecified atom stereocenters. The second-order valence-electron chi connectivity index (χ2n) is 6.72. The molecule has 0 aliphatic heterocycles. The molecular formula is C20H16FN5O2. The molecule has 0 radical (unpaired) electrons. The van der Waals surface area contributed by atoms with Crippen LogP contribution >= 0.6 is 0 Å². The lowest BCUT2D eigenvalue weighted by Crippen LogP contribution is -2.15. The van der Waals surface area contributed by atoms with Gasteiger partial charge in [-0.1, -0.05) is 12.1 Å². The summed E-state index contributed by atoms with van der Waals surface area (Å²) in [6.07, 6.45) is 2.50. The van der Waals surface area contributed by atoms with Crippen molar-refractivity contribution in [2.45, 2.75) is 12.6 Å². The fraction of sp³-hybridized carbons (Fsp3) is 0.200. The van der Waals surface area contributed by atoms with Crippen molar-refractivity contribution in [2.24, 2.45) is 5.92 Å². The quantitative estimate of drug-likeness (QED) is 0.562. The molecule has 1 saturated carbocycles. The molecule has 1 fully saturated rings. The monoisotopic (exact) mass is 377 g/mol. The van der Waals surface area contributed by atoms with Gasteiger partial charge < -0.3 is 15.1 Å². The summed E-state index contributed by atoms with van der Waals surface area (Å²) in [5, 5.41) is 7.24. The maximum absolute atomic E-state index is 13.1.